The Labute approximate surface area is 207 Å². The van der Waals surface area contributed by atoms with E-state index in [0.717, 1.165) is 39.9 Å². The number of amides is 2. The standard InChI is InChI=1S/C28H24F2N4O2/c1-15-6-5-7-20(12-15)26-32-27(36-33-26)24-18(4)34(21-10-11-22(29)23(30)14-21)28(35)31-25(24)19-9-8-16(2)17(3)13-19/h5-14,25H,1-4H3,(H,31,35). The third kappa shape index (κ3) is 4.15. The predicted molar refractivity (Wildman–Crippen MR) is 133 cm³/mol. The monoisotopic (exact) mass is 486 g/mol. The number of nitrogens with one attached hydrogen (secondary N) is 1. The van der Waals surface area contributed by atoms with Crippen molar-refractivity contribution in [2.24, 2.45) is 0 Å². The van der Waals surface area contributed by atoms with Crippen molar-refractivity contribution in [2.45, 2.75) is 33.7 Å². The van der Waals surface area contributed by atoms with E-state index in [9.17, 15) is 13.6 Å². The Hall–Kier alpha value is -4.33. The second-order valence-corrected chi connectivity index (χ2v) is 8.95. The van der Waals surface area contributed by atoms with Gasteiger partial charge in [0.15, 0.2) is 11.6 Å². The zero-order valence-corrected chi connectivity index (χ0v) is 20.3. The normalized spacial score (nSPS) is 15.9. The molecule has 36 heavy (non-hydrogen) atoms. The summed E-state index contributed by atoms with van der Waals surface area (Å²) in [4.78, 5) is 19.2. The van der Waals surface area contributed by atoms with Crippen LogP contribution < -0.4 is 10.2 Å². The van der Waals surface area contributed by atoms with Crippen LogP contribution in [-0.4, -0.2) is 16.2 Å². The van der Waals surface area contributed by atoms with E-state index in [-0.39, 0.29) is 11.6 Å². The number of carbonyl (C=O) groups excluding carboxylic acids is 1. The van der Waals surface area contributed by atoms with E-state index >= 15 is 0 Å². The van der Waals surface area contributed by atoms with Crippen molar-refractivity contribution in [1.82, 2.24) is 15.5 Å². The van der Waals surface area contributed by atoms with E-state index in [1.54, 1.807) is 6.92 Å². The lowest BCUT2D eigenvalue weighted by Crippen LogP contribution is -2.46. The lowest BCUT2D eigenvalue weighted by molar-refractivity contribution is 0.244. The fourth-order valence-electron chi connectivity index (χ4n) is 4.38. The molecule has 1 N–H and O–H groups in total. The summed E-state index contributed by atoms with van der Waals surface area (Å²) in [5, 5.41) is 7.16. The van der Waals surface area contributed by atoms with Crippen LogP contribution in [0.3, 0.4) is 0 Å². The minimum absolute atomic E-state index is 0.179. The summed E-state index contributed by atoms with van der Waals surface area (Å²) < 4.78 is 33.4. The molecule has 0 saturated carbocycles. The molecule has 6 nitrogen and oxygen atoms in total. The number of hydrogen-bond donors (Lipinski definition) is 1. The number of aryl methyl sites for hydroxylation is 3. The zero-order chi connectivity index (χ0) is 25.6. The van der Waals surface area contributed by atoms with E-state index in [2.05, 4.69) is 15.5 Å². The molecule has 8 heteroatoms. The fraction of sp³-hybridized carbons (Fsp3) is 0.179. The zero-order valence-electron chi connectivity index (χ0n) is 20.3. The van der Waals surface area contributed by atoms with Crippen molar-refractivity contribution >= 4 is 17.3 Å². The number of halogens is 2. The average Bonchev–Trinajstić information content (AvgIpc) is 3.32. The number of nitrogens with zero attached hydrogens (tertiary/aromatic N) is 3. The Kier molecular flexibility index (Phi) is 5.88. The molecule has 2 amide bonds. The van der Waals surface area contributed by atoms with Gasteiger partial charge in [-0.3, -0.25) is 4.90 Å². The first-order valence-electron chi connectivity index (χ1n) is 11.5. The topological polar surface area (TPSA) is 71.3 Å². The van der Waals surface area contributed by atoms with E-state index in [0.29, 0.717) is 17.1 Å². The minimum atomic E-state index is -1.05. The predicted octanol–water partition coefficient (Wildman–Crippen LogP) is 6.64. The second-order valence-electron chi connectivity index (χ2n) is 8.95. The molecule has 0 fully saturated rings. The molecule has 2 heterocycles. The summed E-state index contributed by atoms with van der Waals surface area (Å²) in [6.07, 6.45) is 0. The van der Waals surface area contributed by atoms with E-state index in [1.807, 2.05) is 63.2 Å². The molecule has 0 aliphatic carbocycles. The van der Waals surface area contributed by atoms with Crippen molar-refractivity contribution in [3.8, 4) is 11.4 Å². The van der Waals surface area contributed by atoms with E-state index in [4.69, 9.17) is 4.52 Å². The number of benzene rings is 3. The Bertz CT molecular complexity index is 1530. The largest absolute Gasteiger partial charge is 0.334 e. The minimum Gasteiger partial charge on any atom is -0.334 e. The summed E-state index contributed by atoms with van der Waals surface area (Å²) in [6, 6.07) is 15.9. The highest BCUT2D eigenvalue weighted by Crippen LogP contribution is 2.39. The van der Waals surface area contributed by atoms with Crippen LogP contribution in [0.1, 0.15) is 41.1 Å². The molecule has 182 valence electrons. The van der Waals surface area contributed by atoms with E-state index < -0.39 is 23.7 Å². The maximum absolute atomic E-state index is 14.1. The smallest absolute Gasteiger partial charge is 0.327 e. The molecular weight excluding hydrogens is 462 g/mol. The first-order valence-corrected chi connectivity index (χ1v) is 11.5. The molecule has 0 radical (unpaired) electrons. The Balaban J connectivity index is 1.68. The molecule has 1 atom stereocenters. The van der Waals surface area contributed by atoms with Gasteiger partial charge in [-0.15, -0.1) is 0 Å². The summed E-state index contributed by atoms with van der Waals surface area (Å²) in [5.41, 5.74) is 6.07. The van der Waals surface area contributed by atoms with Gasteiger partial charge in [-0.05, 0) is 62.6 Å². The van der Waals surface area contributed by atoms with Crippen LogP contribution >= 0.6 is 0 Å². The van der Waals surface area contributed by atoms with Crippen molar-refractivity contribution in [3.63, 3.8) is 0 Å². The van der Waals surface area contributed by atoms with Crippen LogP contribution in [0.2, 0.25) is 0 Å². The first kappa shape index (κ1) is 23.4. The number of anilines is 1. The van der Waals surface area contributed by atoms with Crippen LogP contribution in [0.4, 0.5) is 19.3 Å². The van der Waals surface area contributed by atoms with Gasteiger partial charge >= 0.3 is 6.03 Å². The first-order chi connectivity index (χ1) is 17.2. The number of carbonyl (C=O) groups is 1. The van der Waals surface area contributed by atoms with Gasteiger partial charge < -0.3 is 9.84 Å². The van der Waals surface area contributed by atoms with Crippen molar-refractivity contribution in [2.75, 3.05) is 4.90 Å². The van der Waals surface area contributed by atoms with Crippen LogP contribution in [0.25, 0.3) is 17.0 Å². The fourth-order valence-corrected chi connectivity index (χ4v) is 4.38. The van der Waals surface area contributed by atoms with Gasteiger partial charge in [0.05, 0.1) is 17.3 Å². The van der Waals surface area contributed by atoms with Gasteiger partial charge in [0.2, 0.25) is 5.82 Å². The van der Waals surface area contributed by atoms with Crippen LogP contribution in [0.5, 0.6) is 0 Å². The molecule has 5 rings (SSSR count). The molecule has 1 aliphatic rings. The summed E-state index contributed by atoms with van der Waals surface area (Å²) in [6.45, 7) is 7.70. The van der Waals surface area contributed by atoms with Crippen molar-refractivity contribution in [3.05, 3.63) is 106 Å². The third-order valence-corrected chi connectivity index (χ3v) is 6.44. The Morgan fingerprint density at radius 3 is 2.44 bits per heavy atom. The quantitative estimate of drug-likeness (QED) is 0.351. The van der Waals surface area contributed by atoms with Gasteiger partial charge in [0, 0.05) is 17.3 Å². The molecule has 4 aromatic rings. The summed E-state index contributed by atoms with van der Waals surface area (Å²) in [7, 11) is 0. The van der Waals surface area contributed by atoms with Crippen molar-refractivity contribution < 1.29 is 18.1 Å². The van der Waals surface area contributed by atoms with Gasteiger partial charge in [-0.1, -0.05) is 47.1 Å². The molecule has 1 aromatic heterocycles. The van der Waals surface area contributed by atoms with Gasteiger partial charge in [0.1, 0.15) is 0 Å². The van der Waals surface area contributed by atoms with Crippen LogP contribution in [0, 0.1) is 32.4 Å². The van der Waals surface area contributed by atoms with Gasteiger partial charge in [0.25, 0.3) is 5.89 Å². The lowest BCUT2D eigenvalue weighted by atomic mass is 9.92. The molecule has 3 aromatic carbocycles. The number of allylic oxidation sites excluding steroid dienone is 1. The maximum atomic E-state index is 14.1. The second kappa shape index (κ2) is 9.03. The molecule has 1 aliphatic heterocycles. The molecule has 1 unspecified atom stereocenters. The average molecular weight is 487 g/mol. The highest BCUT2D eigenvalue weighted by atomic mass is 19.2. The van der Waals surface area contributed by atoms with Crippen molar-refractivity contribution in [1.29, 1.82) is 0 Å². The van der Waals surface area contributed by atoms with Crippen LogP contribution in [0.15, 0.2) is 70.9 Å². The highest BCUT2D eigenvalue weighted by molar-refractivity contribution is 6.01. The highest BCUT2D eigenvalue weighted by Gasteiger charge is 2.37. The third-order valence-electron chi connectivity index (χ3n) is 6.44. The lowest BCUT2D eigenvalue weighted by Gasteiger charge is -2.35. The van der Waals surface area contributed by atoms with Gasteiger partial charge in [-0.25, -0.2) is 13.6 Å². The molecular formula is C28H24F2N4O2. The Morgan fingerprint density at radius 1 is 0.917 bits per heavy atom. The summed E-state index contributed by atoms with van der Waals surface area (Å²) in [5.74, 6) is -1.42. The SMILES string of the molecule is CC1=C(c2nc(-c3cccc(C)c3)no2)C(c2ccc(C)c(C)c2)NC(=O)N1c1ccc(F)c(F)c1. The Morgan fingerprint density at radius 2 is 1.72 bits per heavy atom. The number of rotatable bonds is 4. The number of urea groups is 1. The molecule has 0 bridgehead atoms. The molecule has 0 saturated heterocycles. The summed E-state index contributed by atoms with van der Waals surface area (Å²) >= 11 is 0. The van der Waals surface area contributed by atoms with E-state index in [1.165, 1.54) is 11.0 Å². The number of hydrogen-bond acceptors (Lipinski definition) is 4. The van der Waals surface area contributed by atoms with Gasteiger partial charge in [-0.2, -0.15) is 4.98 Å². The molecule has 0 spiro atoms. The number of aromatic nitrogens is 2. The maximum Gasteiger partial charge on any atom is 0.327 e. The van der Waals surface area contributed by atoms with Crippen LogP contribution in [-0.2, 0) is 0 Å².